The van der Waals surface area contributed by atoms with Crippen LogP contribution in [-0.4, -0.2) is 54.4 Å². The summed E-state index contributed by atoms with van der Waals surface area (Å²) in [7, 11) is 0. The molecule has 0 radical (unpaired) electrons. The molecule has 0 bridgehead atoms. The number of carbonyl (C=O) groups is 1. The van der Waals surface area contributed by atoms with Crippen molar-refractivity contribution < 1.29 is 4.79 Å². The minimum Gasteiger partial charge on any atom is -0.350 e. The van der Waals surface area contributed by atoms with Crippen molar-refractivity contribution in [1.82, 2.24) is 29.4 Å². The van der Waals surface area contributed by atoms with E-state index in [4.69, 9.17) is 4.98 Å². The molecule has 3 aromatic heterocycles. The van der Waals surface area contributed by atoms with E-state index in [1.165, 1.54) is 11.3 Å². The molecule has 1 aromatic carbocycles. The number of anilines is 1. The molecule has 0 spiro atoms. The fourth-order valence-electron chi connectivity index (χ4n) is 3.73. The highest BCUT2D eigenvalue weighted by molar-refractivity contribution is 7.11. The fraction of sp³-hybridized carbons (Fsp3) is 0.227. The van der Waals surface area contributed by atoms with Crippen LogP contribution in [-0.2, 0) is 0 Å². The van der Waals surface area contributed by atoms with Crippen LogP contribution < -0.4 is 5.32 Å². The molecule has 1 N–H and O–H groups in total. The van der Waals surface area contributed by atoms with Crippen LogP contribution in [0.1, 0.15) is 21.9 Å². The average Bonchev–Trinajstić information content (AvgIpc) is 3.55. The predicted octanol–water partition coefficient (Wildman–Crippen LogP) is 3.42. The molecule has 31 heavy (non-hydrogen) atoms. The Morgan fingerprint density at radius 1 is 1.13 bits per heavy atom. The van der Waals surface area contributed by atoms with Crippen molar-refractivity contribution in [2.75, 3.05) is 18.4 Å². The Kier molecular flexibility index (Phi) is 5.17. The van der Waals surface area contributed by atoms with Gasteiger partial charge in [-0.25, -0.2) is 15.0 Å². The first-order valence-electron chi connectivity index (χ1n) is 10.1. The number of aryl methyl sites for hydroxylation is 1. The van der Waals surface area contributed by atoms with Gasteiger partial charge < -0.3 is 10.2 Å². The number of imidazole rings is 1. The van der Waals surface area contributed by atoms with Gasteiger partial charge in [0.25, 0.3) is 5.91 Å². The van der Waals surface area contributed by atoms with E-state index in [1.807, 2.05) is 64.4 Å². The second-order valence-electron chi connectivity index (χ2n) is 7.40. The minimum atomic E-state index is -0.0182. The first-order chi connectivity index (χ1) is 15.2. The van der Waals surface area contributed by atoms with E-state index in [9.17, 15) is 4.79 Å². The molecule has 0 saturated carbocycles. The largest absolute Gasteiger partial charge is 0.350 e. The van der Waals surface area contributed by atoms with Gasteiger partial charge >= 0.3 is 0 Å². The van der Waals surface area contributed by atoms with Crippen LogP contribution in [0.15, 0.2) is 60.4 Å². The summed E-state index contributed by atoms with van der Waals surface area (Å²) in [6, 6.07) is 12.0. The number of thiazole rings is 1. The summed E-state index contributed by atoms with van der Waals surface area (Å²) in [6.45, 7) is 3.26. The van der Waals surface area contributed by atoms with Crippen molar-refractivity contribution in [3.8, 4) is 17.2 Å². The third kappa shape index (κ3) is 4.04. The summed E-state index contributed by atoms with van der Waals surface area (Å²) in [5.41, 5.74) is 1.94. The van der Waals surface area contributed by atoms with Gasteiger partial charge in [0.15, 0.2) is 5.01 Å². The average molecular weight is 432 g/mol. The van der Waals surface area contributed by atoms with E-state index in [0.717, 1.165) is 29.3 Å². The van der Waals surface area contributed by atoms with Crippen molar-refractivity contribution in [2.45, 2.75) is 19.4 Å². The van der Waals surface area contributed by atoms with Gasteiger partial charge in [-0.1, -0.05) is 30.3 Å². The van der Waals surface area contributed by atoms with Crippen LogP contribution in [0, 0.1) is 6.92 Å². The molecular weight excluding hydrogens is 410 g/mol. The standard InChI is InChI=1S/C22H21N7OS/c1-15-13-29(19(25-15)16-5-3-2-4-6-16)18-7-9-24-22(27-18)26-17-8-11-28(14-17)21(30)20-23-10-12-31-20/h2-7,9-10,12-13,17H,8,11,14H2,1H3,(H,24,26,27)/t17-/m0/s1. The lowest BCUT2D eigenvalue weighted by molar-refractivity contribution is 0.0791. The molecule has 1 atom stereocenters. The molecule has 0 unspecified atom stereocenters. The van der Waals surface area contributed by atoms with E-state index in [0.29, 0.717) is 24.0 Å². The number of nitrogens with one attached hydrogen (secondary N) is 1. The molecule has 1 amide bonds. The number of aromatic nitrogens is 5. The van der Waals surface area contributed by atoms with Gasteiger partial charge in [0, 0.05) is 48.7 Å². The van der Waals surface area contributed by atoms with Gasteiger partial charge in [0.1, 0.15) is 11.6 Å². The van der Waals surface area contributed by atoms with E-state index >= 15 is 0 Å². The van der Waals surface area contributed by atoms with Crippen molar-refractivity contribution in [1.29, 1.82) is 0 Å². The summed E-state index contributed by atoms with van der Waals surface area (Å²) in [6.07, 6.45) is 6.20. The Balaban J connectivity index is 1.34. The number of carbonyl (C=O) groups excluding carboxylic acids is 1. The quantitative estimate of drug-likeness (QED) is 0.521. The Labute approximate surface area is 183 Å². The Hall–Kier alpha value is -3.59. The van der Waals surface area contributed by atoms with Gasteiger partial charge in [-0.15, -0.1) is 11.3 Å². The van der Waals surface area contributed by atoms with Crippen molar-refractivity contribution in [3.63, 3.8) is 0 Å². The smallest absolute Gasteiger partial charge is 0.282 e. The van der Waals surface area contributed by atoms with Gasteiger partial charge in [-0.05, 0) is 19.4 Å². The Morgan fingerprint density at radius 3 is 2.81 bits per heavy atom. The third-order valence-corrected chi connectivity index (χ3v) is 5.93. The maximum Gasteiger partial charge on any atom is 0.282 e. The zero-order valence-corrected chi connectivity index (χ0v) is 17.8. The summed E-state index contributed by atoms with van der Waals surface area (Å²) in [5, 5.41) is 5.73. The van der Waals surface area contributed by atoms with Gasteiger partial charge in [0.05, 0.1) is 5.69 Å². The summed E-state index contributed by atoms with van der Waals surface area (Å²) >= 11 is 1.37. The van der Waals surface area contributed by atoms with Crippen LogP contribution in [0.2, 0.25) is 0 Å². The van der Waals surface area contributed by atoms with E-state index in [1.54, 1.807) is 12.4 Å². The lowest BCUT2D eigenvalue weighted by atomic mass is 10.2. The van der Waals surface area contributed by atoms with E-state index in [-0.39, 0.29) is 11.9 Å². The molecule has 4 heterocycles. The van der Waals surface area contributed by atoms with Crippen LogP contribution in [0.5, 0.6) is 0 Å². The van der Waals surface area contributed by atoms with Crippen molar-refractivity contribution in [2.24, 2.45) is 0 Å². The topological polar surface area (TPSA) is 88.8 Å². The zero-order valence-electron chi connectivity index (χ0n) is 17.0. The Morgan fingerprint density at radius 2 is 2.00 bits per heavy atom. The van der Waals surface area contributed by atoms with Gasteiger partial charge in [0.2, 0.25) is 5.95 Å². The molecule has 1 aliphatic rings. The molecule has 1 aliphatic heterocycles. The molecule has 5 rings (SSSR count). The first-order valence-corrected chi connectivity index (χ1v) is 11.0. The highest BCUT2D eigenvalue weighted by Gasteiger charge is 2.28. The van der Waals surface area contributed by atoms with Crippen LogP contribution in [0.25, 0.3) is 17.2 Å². The van der Waals surface area contributed by atoms with Gasteiger partial charge in [-0.2, -0.15) is 4.98 Å². The number of amides is 1. The van der Waals surface area contributed by atoms with Crippen LogP contribution >= 0.6 is 11.3 Å². The second kappa shape index (κ2) is 8.27. The van der Waals surface area contributed by atoms with Crippen LogP contribution in [0.4, 0.5) is 5.95 Å². The maximum absolute atomic E-state index is 12.5. The summed E-state index contributed by atoms with van der Waals surface area (Å²) in [5.74, 6) is 2.10. The zero-order chi connectivity index (χ0) is 21.2. The van der Waals surface area contributed by atoms with Gasteiger partial charge in [-0.3, -0.25) is 9.36 Å². The molecule has 156 valence electrons. The van der Waals surface area contributed by atoms with E-state index in [2.05, 4.69) is 20.3 Å². The number of benzene rings is 1. The first kappa shape index (κ1) is 19.4. The highest BCUT2D eigenvalue weighted by atomic mass is 32.1. The number of likely N-dealkylation sites (tertiary alicyclic amines) is 1. The molecule has 0 aliphatic carbocycles. The number of hydrogen-bond donors (Lipinski definition) is 1. The Bertz CT molecular complexity index is 1190. The number of hydrogen-bond acceptors (Lipinski definition) is 7. The molecular formula is C22H21N7OS. The molecule has 4 aromatic rings. The molecule has 9 heteroatoms. The molecule has 1 fully saturated rings. The third-order valence-electron chi connectivity index (χ3n) is 5.17. The van der Waals surface area contributed by atoms with Crippen molar-refractivity contribution in [3.05, 3.63) is 71.1 Å². The number of rotatable bonds is 5. The molecule has 1 saturated heterocycles. The van der Waals surface area contributed by atoms with E-state index < -0.39 is 0 Å². The SMILES string of the molecule is Cc1cn(-c2ccnc(N[C@H]3CCN(C(=O)c4nccs4)C3)n2)c(-c2ccccc2)n1. The lowest BCUT2D eigenvalue weighted by Gasteiger charge is -2.16. The summed E-state index contributed by atoms with van der Waals surface area (Å²) in [4.78, 5) is 32.3. The monoisotopic (exact) mass is 431 g/mol. The fourth-order valence-corrected chi connectivity index (χ4v) is 4.33. The predicted molar refractivity (Wildman–Crippen MR) is 119 cm³/mol. The summed E-state index contributed by atoms with van der Waals surface area (Å²) < 4.78 is 1.98. The molecule has 8 nitrogen and oxygen atoms in total. The van der Waals surface area contributed by atoms with Crippen molar-refractivity contribution >= 4 is 23.2 Å². The highest BCUT2D eigenvalue weighted by Crippen LogP contribution is 2.23. The lowest BCUT2D eigenvalue weighted by Crippen LogP contribution is -2.31. The maximum atomic E-state index is 12.5. The van der Waals surface area contributed by atoms with Crippen LogP contribution in [0.3, 0.4) is 0 Å². The number of nitrogens with zero attached hydrogens (tertiary/aromatic N) is 6. The normalized spacial score (nSPS) is 15.9. The minimum absolute atomic E-state index is 0.0182. The second-order valence-corrected chi connectivity index (χ2v) is 8.29.